The molecule has 0 spiro atoms. The number of pyridine rings is 1. The van der Waals surface area contributed by atoms with Crippen molar-refractivity contribution >= 4 is 5.82 Å². The first kappa shape index (κ1) is 16.2. The largest absolute Gasteiger partial charge is 0.383 e. The lowest BCUT2D eigenvalue weighted by Crippen LogP contribution is -2.38. The molecule has 0 aliphatic heterocycles. The van der Waals surface area contributed by atoms with E-state index < -0.39 is 0 Å². The molecule has 1 aromatic heterocycles. The first-order valence-corrected chi connectivity index (χ1v) is 8.03. The molecule has 0 amide bonds. The molecule has 1 aliphatic rings. The van der Waals surface area contributed by atoms with Crippen LogP contribution in [0.2, 0.25) is 0 Å². The van der Waals surface area contributed by atoms with Crippen LogP contribution in [-0.4, -0.2) is 31.3 Å². The van der Waals surface area contributed by atoms with Gasteiger partial charge in [0.15, 0.2) is 0 Å². The van der Waals surface area contributed by atoms with Gasteiger partial charge in [0.1, 0.15) is 5.82 Å². The first-order chi connectivity index (χ1) is 10.1. The van der Waals surface area contributed by atoms with Gasteiger partial charge in [-0.1, -0.05) is 13.8 Å². The van der Waals surface area contributed by atoms with Crippen molar-refractivity contribution < 1.29 is 4.74 Å². The number of anilines is 1. The average Bonchev–Trinajstić information content (AvgIpc) is 3.31. The van der Waals surface area contributed by atoms with Crippen LogP contribution >= 0.6 is 0 Å². The summed E-state index contributed by atoms with van der Waals surface area (Å²) in [6.07, 6.45) is 2.66. The van der Waals surface area contributed by atoms with Crippen molar-refractivity contribution in [2.24, 2.45) is 11.7 Å². The summed E-state index contributed by atoms with van der Waals surface area (Å²) in [5, 5.41) is 0. The highest BCUT2D eigenvalue weighted by atomic mass is 16.5. The second-order valence-electron chi connectivity index (χ2n) is 6.38. The number of aromatic nitrogens is 1. The number of nitrogens with two attached hydrogens (primary N) is 1. The van der Waals surface area contributed by atoms with Crippen LogP contribution in [0, 0.1) is 5.92 Å². The Labute approximate surface area is 128 Å². The average molecular weight is 291 g/mol. The summed E-state index contributed by atoms with van der Waals surface area (Å²) in [6, 6.07) is 4.78. The molecule has 1 heterocycles. The zero-order chi connectivity index (χ0) is 15.4. The Morgan fingerprint density at radius 1 is 1.33 bits per heavy atom. The van der Waals surface area contributed by atoms with E-state index in [4.69, 9.17) is 15.5 Å². The molecular formula is C17H29N3O. The molecule has 0 saturated heterocycles. The minimum atomic E-state index is 0.413. The monoisotopic (exact) mass is 291 g/mol. The third-order valence-corrected chi connectivity index (χ3v) is 4.35. The second kappa shape index (κ2) is 7.23. The predicted octanol–water partition coefficient (Wildman–Crippen LogP) is 2.92. The summed E-state index contributed by atoms with van der Waals surface area (Å²) >= 11 is 0. The number of hydrogen-bond acceptors (Lipinski definition) is 4. The third-order valence-electron chi connectivity index (χ3n) is 4.35. The van der Waals surface area contributed by atoms with Crippen LogP contribution in [0.15, 0.2) is 12.1 Å². The van der Waals surface area contributed by atoms with E-state index in [0.29, 0.717) is 18.5 Å². The Morgan fingerprint density at radius 3 is 2.57 bits per heavy atom. The van der Waals surface area contributed by atoms with Crippen molar-refractivity contribution in [1.29, 1.82) is 0 Å². The lowest BCUT2D eigenvalue weighted by Gasteiger charge is -2.31. The van der Waals surface area contributed by atoms with Crippen molar-refractivity contribution in [2.45, 2.75) is 52.1 Å². The van der Waals surface area contributed by atoms with E-state index in [1.165, 1.54) is 12.8 Å². The highest BCUT2D eigenvalue weighted by Crippen LogP contribution is 2.36. The standard InChI is InChI=1S/C17H29N3O/c1-12(2)16-9-14(11-18)10-17(19-16)20(7-8-21-4)13(3)15-5-6-15/h9-10,12-13,15H,5-8,11,18H2,1-4H3. The molecule has 2 N–H and O–H groups in total. The highest BCUT2D eigenvalue weighted by molar-refractivity contribution is 5.45. The van der Waals surface area contributed by atoms with Crippen LogP contribution in [0.3, 0.4) is 0 Å². The molecule has 1 atom stereocenters. The summed E-state index contributed by atoms with van der Waals surface area (Å²) < 4.78 is 5.28. The number of rotatable bonds is 8. The van der Waals surface area contributed by atoms with E-state index in [1.54, 1.807) is 7.11 Å². The number of methoxy groups -OCH3 is 1. The van der Waals surface area contributed by atoms with Crippen molar-refractivity contribution in [2.75, 3.05) is 25.2 Å². The van der Waals surface area contributed by atoms with Crippen LogP contribution in [-0.2, 0) is 11.3 Å². The Balaban J connectivity index is 2.30. The van der Waals surface area contributed by atoms with Gasteiger partial charge >= 0.3 is 0 Å². The SMILES string of the molecule is COCCN(c1cc(CN)cc(C(C)C)n1)C(C)C1CC1. The van der Waals surface area contributed by atoms with Gasteiger partial charge < -0.3 is 15.4 Å². The molecule has 0 radical (unpaired) electrons. The van der Waals surface area contributed by atoms with Gasteiger partial charge in [0.2, 0.25) is 0 Å². The maximum Gasteiger partial charge on any atom is 0.129 e. The lowest BCUT2D eigenvalue weighted by molar-refractivity contribution is 0.202. The molecule has 1 saturated carbocycles. The molecule has 1 aliphatic carbocycles. The van der Waals surface area contributed by atoms with Crippen molar-refractivity contribution in [3.63, 3.8) is 0 Å². The minimum absolute atomic E-state index is 0.413. The summed E-state index contributed by atoms with van der Waals surface area (Å²) in [5.74, 6) is 2.27. The van der Waals surface area contributed by atoms with Gasteiger partial charge in [-0.05, 0) is 49.3 Å². The maximum atomic E-state index is 5.87. The molecule has 1 aromatic rings. The fourth-order valence-electron chi connectivity index (χ4n) is 2.70. The fourth-order valence-corrected chi connectivity index (χ4v) is 2.70. The predicted molar refractivity (Wildman–Crippen MR) is 87.6 cm³/mol. The van der Waals surface area contributed by atoms with Crippen LogP contribution < -0.4 is 10.6 Å². The maximum absolute atomic E-state index is 5.87. The molecule has 1 fully saturated rings. The van der Waals surface area contributed by atoms with Crippen LogP contribution in [0.25, 0.3) is 0 Å². The fraction of sp³-hybridized carbons (Fsp3) is 0.706. The second-order valence-corrected chi connectivity index (χ2v) is 6.38. The minimum Gasteiger partial charge on any atom is -0.383 e. The topological polar surface area (TPSA) is 51.4 Å². The van der Waals surface area contributed by atoms with Gasteiger partial charge in [-0.25, -0.2) is 4.98 Å². The molecule has 21 heavy (non-hydrogen) atoms. The van der Waals surface area contributed by atoms with Crippen molar-refractivity contribution in [1.82, 2.24) is 4.98 Å². The van der Waals surface area contributed by atoms with Gasteiger partial charge in [0, 0.05) is 31.9 Å². The van der Waals surface area contributed by atoms with Gasteiger partial charge in [-0.15, -0.1) is 0 Å². The molecule has 4 heteroatoms. The van der Waals surface area contributed by atoms with Crippen LogP contribution in [0.5, 0.6) is 0 Å². The normalized spacial score (nSPS) is 16.3. The molecule has 118 valence electrons. The van der Waals surface area contributed by atoms with E-state index >= 15 is 0 Å². The van der Waals surface area contributed by atoms with Gasteiger partial charge in [0.05, 0.1) is 6.61 Å². The Bertz CT molecular complexity index is 457. The molecular weight excluding hydrogens is 262 g/mol. The van der Waals surface area contributed by atoms with Crippen molar-refractivity contribution in [3.05, 3.63) is 23.4 Å². The van der Waals surface area contributed by atoms with E-state index in [-0.39, 0.29) is 0 Å². The van der Waals surface area contributed by atoms with Gasteiger partial charge in [0.25, 0.3) is 0 Å². The van der Waals surface area contributed by atoms with Crippen molar-refractivity contribution in [3.8, 4) is 0 Å². The van der Waals surface area contributed by atoms with Gasteiger partial charge in [-0.2, -0.15) is 0 Å². The van der Waals surface area contributed by atoms with E-state index in [0.717, 1.165) is 36.1 Å². The Kier molecular flexibility index (Phi) is 5.59. The first-order valence-electron chi connectivity index (χ1n) is 8.03. The Hall–Kier alpha value is -1.13. The summed E-state index contributed by atoms with van der Waals surface area (Å²) in [7, 11) is 1.75. The summed E-state index contributed by atoms with van der Waals surface area (Å²) in [5.41, 5.74) is 8.15. The number of nitrogens with zero attached hydrogens (tertiary/aromatic N) is 2. The van der Waals surface area contributed by atoms with Crippen LogP contribution in [0.1, 0.15) is 50.8 Å². The van der Waals surface area contributed by atoms with E-state index in [1.807, 2.05) is 0 Å². The quantitative estimate of drug-likeness (QED) is 0.800. The van der Waals surface area contributed by atoms with E-state index in [9.17, 15) is 0 Å². The summed E-state index contributed by atoms with van der Waals surface area (Å²) in [4.78, 5) is 7.28. The van der Waals surface area contributed by atoms with Crippen LogP contribution in [0.4, 0.5) is 5.82 Å². The molecule has 4 nitrogen and oxygen atoms in total. The highest BCUT2D eigenvalue weighted by Gasteiger charge is 2.32. The number of ether oxygens (including phenoxy) is 1. The summed E-state index contributed by atoms with van der Waals surface area (Å²) in [6.45, 7) is 8.83. The zero-order valence-electron chi connectivity index (χ0n) is 13.8. The molecule has 1 unspecified atom stereocenters. The van der Waals surface area contributed by atoms with E-state index in [2.05, 4.69) is 37.8 Å². The molecule has 0 aromatic carbocycles. The Morgan fingerprint density at radius 2 is 2.05 bits per heavy atom. The zero-order valence-corrected chi connectivity index (χ0v) is 13.8. The molecule has 2 rings (SSSR count). The molecule has 0 bridgehead atoms. The smallest absolute Gasteiger partial charge is 0.129 e. The third kappa shape index (κ3) is 4.17. The number of hydrogen-bond donors (Lipinski definition) is 1. The lowest BCUT2D eigenvalue weighted by atomic mass is 10.1. The van der Waals surface area contributed by atoms with Gasteiger partial charge in [-0.3, -0.25) is 0 Å².